The predicted molar refractivity (Wildman–Crippen MR) is 80.9 cm³/mol. The van der Waals surface area contributed by atoms with Crippen molar-refractivity contribution in [2.45, 2.75) is 37.9 Å². The molecule has 1 fully saturated rings. The van der Waals surface area contributed by atoms with Crippen molar-refractivity contribution in [1.82, 2.24) is 14.7 Å². The molecule has 1 aliphatic heterocycles. The number of benzene rings is 1. The summed E-state index contributed by atoms with van der Waals surface area (Å²) < 4.78 is 1.81. The van der Waals surface area contributed by atoms with Crippen LogP contribution in [0.15, 0.2) is 36.5 Å². The maximum absolute atomic E-state index is 13.0. The second-order valence-corrected chi connectivity index (χ2v) is 6.17. The maximum atomic E-state index is 13.0. The molecule has 22 heavy (non-hydrogen) atoms. The molecule has 1 N–H and O–H groups in total. The van der Waals surface area contributed by atoms with Gasteiger partial charge in [-0.2, -0.15) is 5.10 Å². The number of nitrogens with zero attached hydrogens (tertiary/aromatic N) is 3. The lowest BCUT2D eigenvalue weighted by Gasteiger charge is -2.23. The number of aromatic nitrogens is 2. The van der Waals surface area contributed by atoms with Crippen molar-refractivity contribution in [3.05, 3.63) is 53.3 Å². The fraction of sp³-hybridized carbons (Fsp3) is 0.412. The lowest BCUT2D eigenvalue weighted by molar-refractivity contribution is -0.134. The van der Waals surface area contributed by atoms with Crippen LogP contribution >= 0.6 is 0 Å². The van der Waals surface area contributed by atoms with Gasteiger partial charge in [-0.3, -0.25) is 9.48 Å². The standard InChI is InChI=1S/C17H19N3O2/c21-9-8-20-15-12-19(11-13(15)10-18-20)16(22)17(6-7-17)14-4-2-1-3-5-14/h1-5,10,21H,6-9,11-12H2. The van der Waals surface area contributed by atoms with Gasteiger partial charge in [0.25, 0.3) is 0 Å². The number of amides is 1. The highest BCUT2D eigenvalue weighted by Gasteiger charge is 2.53. The fourth-order valence-corrected chi connectivity index (χ4v) is 3.45. The van der Waals surface area contributed by atoms with Crippen molar-refractivity contribution >= 4 is 5.91 Å². The molecule has 1 aromatic carbocycles. The molecule has 0 saturated heterocycles. The largest absolute Gasteiger partial charge is 0.394 e. The SMILES string of the molecule is O=C(N1Cc2cnn(CCO)c2C1)C1(c2ccccc2)CC1. The molecule has 114 valence electrons. The highest BCUT2D eigenvalue weighted by Crippen LogP contribution is 2.50. The minimum Gasteiger partial charge on any atom is -0.394 e. The number of fused-ring (bicyclic) bond motifs is 1. The molecule has 1 saturated carbocycles. The molecule has 1 aliphatic carbocycles. The summed E-state index contributed by atoms with van der Waals surface area (Å²) in [4.78, 5) is 14.9. The second-order valence-electron chi connectivity index (χ2n) is 6.17. The maximum Gasteiger partial charge on any atom is 0.233 e. The van der Waals surface area contributed by atoms with Crippen LogP contribution in [0.5, 0.6) is 0 Å². The highest BCUT2D eigenvalue weighted by atomic mass is 16.3. The van der Waals surface area contributed by atoms with Gasteiger partial charge in [0.05, 0.1) is 37.0 Å². The summed E-state index contributed by atoms with van der Waals surface area (Å²) in [6.45, 7) is 1.79. The van der Waals surface area contributed by atoms with Crippen molar-refractivity contribution in [3.63, 3.8) is 0 Å². The number of hydrogen-bond acceptors (Lipinski definition) is 3. The highest BCUT2D eigenvalue weighted by molar-refractivity contribution is 5.91. The normalized spacial score (nSPS) is 18.3. The molecule has 4 rings (SSSR count). The molecule has 2 heterocycles. The molecule has 2 aliphatic rings. The topological polar surface area (TPSA) is 58.4 Å². The third kappa shape index (κ3) is 1.96. The lowest BCUT2D eigenvalue weighted by Crippen LogP contribution is -2.36. The van der Waals surface area contributed by atoms with E-state index in [2.05, 4.69) is 17.2 Å². The smallest absolute Gasteiger partial charge is 0.233 e. The van der Waals surface area contributed by atoms with Crippen molar-refractivity contribution in [1.29, 1.82) is 0 Å². The Morgan fingerprint density at radius 3 is 2.68 bits per heavy atom. The summed E-state index contributed by atoms with van der Waals surface area (Å²) in [5.74, 6) is 0.227. The molecule has 0 spiro atoms. The molecule has 0 bridgehead atoms. The van der Waals surface area contributed by atoms with Gasteiger partial charge in [-0.15, -0.1) is 0 Å². The van der Waals surface area contributed by atoms with Gasteiger partial charge in [-0.05, 0) is 18.4 Å². The van der Waals surface area contributed by atoms with E-state index in [0.717, 1.165) is 29.7 Å². The van der Waals surface area contributed by atoms with Gasteiger partial charge in [0.2, 0.25) is 5.91 Å². The van der Waals surface area contributed by atoms with Gasteiger partial charge in [0.15, 0.2) is 0 Å². The van der Waals surface area contributed by atoms with E-state index in [0.29, 0.717) is 19.6 Å². The van der Waals surface area contributed by atoms with Crippen LogP contribution in [0.1, 0.15) is 29.7 Å². The molecule has 1 amide bonds. The summed E-state index contributed by atoms with van der Waals surface area (Å²) in [5.41, 5.74) is 2.99. The van der Waals surface area contributed by atoms with Crippen LogP contribution in [-0.4, -0.2) is 32.3 Å². The molecular formula is C17H19N3O2. The first kappa shape index (κ1) is 13.5. The van der Waals surface area contributed by atoms with E-state index in [-0.39, 0.29) is 17.9 Å². The van der Waals surface area contributed by atoms with Crippen molar-refractivity contribution in [3.8, 4) is 0 Å². The van der Waals surface area contributed by atoms with Crippen LogP contribution in [0.4, 0.5) is 0 Å². The Hall–Kier alpha value is -2.14. The molecular weight excluding hydrogens is 278 g/mol. The fourth-order valence-electron chi connectivity index (χ4n) is 3.45. The van der Waals surface area contributed by atoms with Gasteiger partial charge in [-0.1, -0.05) is 30.3 Å². The Morgan fingerprint density at radius 1 is 1.23 bits per heavy atom. The van der Waals surface area contributed by atoms with Crippen LogP contribution in [0, 0.1) is 0 Å². The molecule has 0 atom stereocenters. The molecule has 5 nitrogen and oxygen atoms in total. The number of rotatable bonds is 4. The third-order valence-electron chi connectivity index (χ3n) is 4.82. The van der Waals surface area contributed by atoms with Crippen molar-refractivity contribution < 1.29 is 9.90 Å². The lowest BCUT2D eigenvalue weighted by atomic mass is 9.94. The van der Waals surface area contributed by atoms with E-state index in [1.54, 1.807) is 0 Å². The number of carbonyl (C=O) groups is 1. The molecule has 0 unspecified atom stereocenters. The molecule has 2 aromatic rings. The molecule has 1 aromatic heterocycles. The Labute approximate surface area is 129 Å². The van der Waals surface area contributed by atoms with Crippen molar-refractivity contribution in [2.24, 2.45) is 0 Å². The Morgan fingerprint density at radius 2 is 2.00 bits per heavy atom. The molecule has 0 radical (unpaired) electrons. The number of aliphatic hydroxyl groups excluding tert-OH is 1. The van der Waals surface area contributed by atoms with E-state index >= 15 is 0 Å². The minimum atomic E-state index is -0.306. The average molecular weight is 297 g/mol. The second kappa shape index (κ2) is 4.95. The Bertz CT molecular complexity index is 704. The zero-order valence-electron chi connectivity index (χ0n) is 12.4. The van der Waals surface area contributed by atoms with Crippen LogP contribution in [0.2, 0.25) is 0 Å². The average Bonchev–Trinajstić information content (AvgIpc) is 3.13. The van der Waals surface area contributed by atoms with Gasteiger partial charge in [-0.25, -0.2) is 0 Å². The van der Waals surface area contributed by atoms with Crippen LogP contribution in [-0.2, 0) is 29.8 Å². The van der Waals surface area contributed by atoms with Crippen molar-refractivity contribution in [2.75, 3.05) is 6.61 Å². The monoisotopic (exact) mass is 297 g/mol. The number of carbonyl (C=O) groups excluding carboxylic acids is 1. The van der Waals surface area contributed by atoms with E-state index in [9.17, 15) is 4.79 Å². The predicted octanol–water partition coefficient (Wildman–Crippen LogP) is 1.45. The van der Waals surface area contributed by atoms with E-state index in [4.69, 9.17) is 5.11 Å². The van der Waals surface area contributed by atoms with Gasteiger partial charge in [0.1, 0.15) is 0 Å². The summed E-state index contributed by atoms with van der Waals surface area (Å²) in [6.07, 6.45) is 3.69. The Balaban J connectivity index is 1.56. The van der Waals surface area contributed by atoms with Gasteiger partial charge in [0, 0.05) is 12.1 Å². The van der Waals surface area contributed by atoms with E-state index < -0.39 is 0 Å². The zero-order valence-corrected chi connectivity index (χ0v) is 12.4. The number of aliphatic hydroxyl groups is 1. The van der Waals surface area contributed by atoms with Gasteiger partial charge >= 0.3 is 0 Å². The Kier molecular flexibility index (Phi) is 3.04. The first-order valence-electron chi connectivity index (χ1n) is 7.74. The van der Waals surface area contributed by atoms with Crippen LogP contribution < -0.4 is 0 Å². The molecule has 5 heteroatoms. The summed E-state index contributed by atoms with van der Waals surface area (Å²) in [7, 11) is 0. The summed E-state index contributed by atoms with van der Waals surface area (Å²) in [6, 6.07) is 10.1. The van der Waals surface area contributed by atoms with Gasteiger partial charge < -0.3 is 10.0 Å². The minimum absolute atomic E-state index is 0.0655. The quantitative estimate of drug-likeness (QED) is 0.929. The summed E-state index contributed by atoms with van der Waals surface area (Å²) in [5, 5.41) is 13.4. The first-order chi connectivity index (χ1) is 10.7. The van der Waals surface area contributed by atoms with E-state index in [1.807, 2.05) is 34.0 Å². The summed E-state index contributed by atoms with van der Waals surface area (Å²) >= 11 is 0. The van der Waals surface area contributed by atoms with E-state index in [1.165, 1.54) is 0 Å². The van der Waals surface area contributed by atoms with Crippen LogP contribution in [0.3, 0.4) is 0 Å². The number of hydrogen-bond donors (Lipinski definition) is 1. The van der Waals surface area contributed by atoms with Crippen LogP contribution in [0.25, 0.3) is 0 Å². The first-order valence-corrected chi connectivity index (χ1v) is 7.74. The zero-order chi connectivity index (χ0) is 15.2. The third-order valence-corrected chi connectivity index (χ3v) is 4.82.